The lowest BCUT2D eigenvalue weighted by Crippen LogP contribution is -3.05. The number of benzene rings is 4. The second-order valence-electron chi connectivity index (χ2n) is 8.27. The van der Waals surface area contributed by atoms with E-state index in [0.29, 0.717) is 25.4 Å². The van der Waals surface area contributed by atoms with E-state index >= 15 is 0 Å². The Hall–Kier alpha value is -3.45. The van der Waals surface area contributed by atoms with Crippen molar-refractivity contribution in [2.24, 2.45) is 4.99 Å². The zero-order chi connectivity index (χ0) is 23.7. The molecule has 174 valence electrons. The SMILES string of the molecule is CCOC1([O-])[NH2+]CCN=C1c1ccc2c(-c3c(OC)ccc4ccccc34)c(OC)ccc2c1. The molecule has 0 amide bonds. The van der Waals surface area contributed by atoms with Gasteiger partial charge in [0.25, 0.3) is 0 Å². The quantitative estimate of drug-likeness (QED) is 0.452. The minimum atomic E-state index is -1.73. The molecular formula is C28H28N2O4. The lowest BCUT2D eigenvalue weighted by Gasteiger charge is -2.39. The predicted molar refractivity (Wildman–Crippen MR) is 133 cm³/mol. The molecular weight excluding hydrogens is 428 g/mol. The Morgan fingerprint density at radius 3 is 2.26 bits per heavy atom. The van der Waals surface area contributed by atoms with Gasteiger partial charge < -0.3 is 24.6 Å². The molecule has 6 heteroatoms. The first-order chi connectivity index (χ1) is 16.6. The molecule has 0 fully saturated rings. The Bertz CT molecular complexity index is 1400. The number of fused-ring (bicyclic) bond motifs is 2. The minimum absolute atomic E-state index is 0.328. The highest BCUT2D eigenvalue weighted by atomic mass is 16.6. The molecule has 0 radical (unpaired) electrons. The lowest BCUT2D eigenvalue weighted by atomic mass is 9.91. The highest BCUT2D eigenvalue weighted by Crippen LogP contribution is 2.45. The molecule has 0 saturated heterocycles. The topological polar surface area (TPSA) is 79.7 Å². The minimum Gasteiger partial charge on any atom is -0.774 e. The maximum absolute atomic E-state index is 13.4. The summed E-state index contributed by atoms with van der Waals surface area (Å²) < 4.78 is 17.2. The summed E-state index contributed by atoms with van der Waals surface area (Å²) >= 11 is 0. The Kier molecular flexibility index (Phi) is 5.96. The van der Waals surface area contributed by atoms with Gasteiger partial charge in [-0.3, -0.25) is 4.99 Å². The molecule has 0 spiro atoms. The van der Waals surface area contributed by atoms with Gasteiger partial charge in [0.15, 0.2) is 5.91 Å². The monoisotopic (exact) mass is 456 g/mol. The number of methoxy groups -OCH3 is 2. The van der Waals surface area contributed by atoms with Gasteiger partial charge in [-0.15, -0.1) is 0 Å². The van der Waals surface area contributed by atoms with Crippen molar-refractivity contribution in [3.63, 3.8) is 0 Å². The first kappa shape index (κ1) is 22.3. The van der Waals surface area contributed by atoms with Crippen molar-refractivity contribution < 1.29 is 24.6 Å². The molecule has 5 rings (SSSR count). The van der Waals surface area contributed by atoms with Crippen LogP contribution in [0.15, 0.2) is 71.7 Å². The lowest BCUT2D eigenvalue weighted by molar-refractivity contribution is -0.886. The van der Waals surface area contributed by atoms with Gasteiger partial charge in [0.2, 0.25) is 0 Å². The Morgan fingerprint density at radius 2 is 1.56 bits per heavy atom. The van der Waals surface area contributed by atoms with Gasteiger partial charge in [0.1, 0.15) is 17.2 Å². The van der Waals surface area contributed by atoms with Crippen LogP contribution in [-0.2, 0) is 4.74 Å². The van der Waals surface area contributed by atoms with Crippen LogP contribution in [0, 0.1) is 0 Å². The van der Waals surface area contributed by atoms with Crippen LogP contribution >= 0.6 is 0 Å². The largest absolute Gasteiger partial charge is 0.774 e. The van der Waals surface area contributed by atoms with E-state index in [9.17, 15) is 5.11 Å². The number of rotatable bonds is 6. The van der Waals surface area contributed by atoms with Crippen LogP contribution in [0.5, 0.6) is 11.5 Å². The molecule has 0 bridgehead atoms. The average Bonchev–Trinajstić information content (AvgIpc) is 2.87. The highest BCUT2D eigenvalue weighted by Gasteiger charge is 2.32. The summed E-state index contributed by atoms with van der Waals surface area (Å²) in [6.07, 6.45) is 0. The number of quaternary nitrogens is 1. The van der Waals surface area contributed by atoms with Crippen LogP contribution in [0.3, 0.4) is 0 Å². The molecule has 1 aliphatic rings. The number of nitrogens with two attached hydrogens (primary N) is 1. The third-order valence-electron chi connectivity index (χ3n) is 6.34. The van der Waals surface area contributed by atoms with Gasteiger partial charge >= 0.3 is 0 Å². The van der Waals surface area contributed by atoms with Gasteiger partial charge in [0, 0.05) is 23.3 Å². The number of hydrogen-bond acceptors (Lipinski definition) is 5. The van der Waals surface area contributed by atoms with Crippen molar-refractivity contribution in [1.82, 2.24) is 0 Å². The molecule has 1 atom stereocenters. The van der Waals surface area contributed by atoms with Crippen molar-refractivity contribution in [3.8, 4) is 22.6 Å². The molecule has 4 aromatic rings. The van der Waals surface area contributed by atoms with Crippen LogP contribution in [-0.4, -0.2) is 45.5 Å². The van der Waals surface area contributed by atoms with E-state index in [1.165, 1.54) is 0 Å². The summed E-state index contributed by atoms with van der Waals surface area (Å²) in [4.78, 5) is 4.56. The summed E-state index contributed by atoms with van der Waals surface area (Å²) in [6, 6.07) is 22.3. The number of hydrogen-bond donors (Lipinski definition) is 1. The van der Waals surface area contributed by atoms with Crippen molar-refractivity contribution in [2.45, 2.75) is 12.8 Å². The van der Waals surface area contributed by atoms with Gasteiger partial charge in [-0.1, -0.05) is 48.5 Å². The molecule has 0 aliphatic carbocycles. The first-order valence-corrected chi connectivity index (χ1v) is 11.5. The molecule has 1 heterocycles. The fourth-order valence-electron chi connectivity index (χ4n) is 4.84. The second kappa shape index (κ2) is 9.06. The van der Waals surface area contributed by atoms with Gasteiger partial charge in [-0.2, -0.15) is 0 Å². The van der Waals surface area contributed by atoms with Crippen LogP contribution in [0.1, 0.15) is 12.5 Å². The number of ether oxygens (including phenoxy) is 3. The molecule has 6 nitrogen and oxygen atoms in total. The van der Waals surface area contributed by atoms with E-state index in [4.69, 9.17) is 14.2 Å². The standard InChI is InChI=1S/C28H27N2O4/c1-4-34-28(31)27(29-15-16-30-28)20-9-12-22-19(17-20)11-14-24(33-3)26(22)25-21-8-6-5-7-18(21)10-13-23(25)32-2/h5-14,17,30H,4,15-16H2,1-3H3/q-1/p+1. The van der Waals surface area contributed by atoms with E-state index < -0.39 is 5.91 Å². The van der Waals surface area contributed by atoms with Gasteiger partial charge in [0.05, 0.1) is 27.3 Å². The van der Waals surface area contributed by atoms with E-state index in [1.54, 1.807) is 19.5 Å². The van der Waals surface area contributed by atoms with E-state index in [0.717, 1.165) is 49.7 Å². The molecule has 0 aromatic heterocycles. The third kappa shape index (κ3) is 3.70. The normalized spacial score (nSPS) is 18.2. The maximum Gasteiger partial charge on any atom is 0.186 e. The summed E-state index contributed by atoms with van der Waals surface area (Å²) in [7, 11) is 3.36. The maximum atomic E-state index is 13.4. The molecule has 2 N–H and O–H groups in total. The number of aliphatic imine (C=N–C) groups is 1. The zero-order valence-electron chi connectivity index (χ0n) is 19.6. The van der Waals surface area contributed by atoms with Crippen LogP contribution < -0.4 is 19.9 Å². The van der Waals surface area contributed by atoms with Gasteiger partial charge in [-0.25, -0.2) is 0 Å². The molecule has 0 saturated carbocycles. The van der Waals surface area contributed by atoms with Crippen molar-refractivity contribution in [2.75, 3.05) is 33.9 Å². The van der Waals surface area contributed by atoms with Crippen LogP contribution in [0.4, 0.5) is 0 Å². The summed E-state index contributed by atoms with van der Waals surface area (Å²) in [5.41, 5.74) is 3.14. The fraction of sp³-hybridized carbons (Fsp3) is 0.250. The fourth-order valence-corrected chi connectivity index (χ4v) is 4.84. The van der Waals surface area contributed by atoms with E-state index in [2.05, 4.69) is 23.2 Å². The summed E-state index contributed by atoms with van der Waals surface area (Å²) in [5, 5.41) is 19.2. The smallest absolute Gasteiger partial charge is 0.186 e. The first-order valence-electron chi connectivity index (χ1n) is 11.5. The Balaban J connectivity index is 1.75. The molecule has 1 aliphatic heterocycles. The molecule has 34 heavy (non-hydrogen) atoms. The molecule has 1 unspecified atom stereocenters. The van der Waals surface area contributed by atoms with Crippen LogP contribution in [0.2, 0.25) is 0 Å². The van der Waals surface area contributed by atoms with E-state index in [1.807, 2.05) is 55.5 Å². The second-order valence-corrected chi connectivity index (χ2v) is 8.27. The van der Waals surface area contributed by atoms with Crippen LogP contribution in [0.25, 0.3) is 32.7 Å². The summed E-state index contributed by atoms with van der Waals surface area (Å²) in [6.45, 7) is 3.36. The average molecular weight is 457 g/mol. The van der Waals surface area contributed by atoms with Crippen molar-refractivity contribution in [3.05, 3.63) is 72.3 Å². The van der Waals surface area contributed by atoms with Gasteiger partial charge in [-0.05, 0) is 46.7 Å². The zero-order valence-corrected chi connectivity index (χ0v) is 19.6. The third-order valence-corrected chi connectivity index (χ3v) is 6.34. The Labute approximate surface area is 198 Å². The van der Waals surface area contributed by atoms with Crippen molar-refractivity contribution in [1.29, 1.82) is 0 Å². The highest BCUT2D eigenvalue weighted by molar-refractivity contribution is 6.12. The molecule has 4 aromatic carbocycles. The van der Waals surface area contributed by atoms with E-state index in [-0.39, 0.29) is 0 Å². The predicted octanol–water partition coefficient (Wildman–Crippen LogP) is 3.09. The summed E-state index contributed by atoms with van der Waals surface area (Å²) in [5.74, 6) is -0.199. The number of nitrogens with zero attached hydrogens (tertiary/aromatic N) is 1. The van der Waals surface area contributed by atoms with Crippen molar-refractivity contribution >= 4 is 27.3 Å². The Morgan fingerprint density at radius 1 is 0.882 bits per heavy atom.